The van der Waals surface area contributed by atoms with Gasteiger partial charge in [-0.2, -0.15) is 30.0 Å². The number of rotatable bonds is 11. The molecular weight excluding hydrogens is 680 g/mol. The first-order valence-electron chi connectivity index (χ1n) is 13.8. The minimum atomic E-state index is -4.72. The van der Waals surface area contributed by atoms with Crippen molar-refractivity contribution in [3.05, 3.63) is 69.2 Å². The molecule has 0 spiro atoms. The van der Waals surface area contributed by atoms with Crippen molar-refractivity contribution in [2.24, 2.45) is 0 Å². The average molecular weight is 713 g/mol. The Bertz CT molecular complexity index is 1910. The lowest BCUT2D eigenvalue weighted by Gasteiger charge is -2.24. The molecule has 1 aromatic heterocycles. The van der Waals surface area contributed by atoms with Crippen LogP contribution >= 0.6 is 23.2 Å². The van der Waals surface area contributed by atoms with Crippen LogP contribution in [-0.4, -0.2) is 49.4 Å². The topological polar surface area (TPSA) is 124 Å². The molecular formula is C28H32Cl2F3N4O6S2+. The summed E-state index contributed by atoms with van der Waals surface area (Å²) in [4.78, 5) is 3.36. The van der Waals surface area contributed by atoms with Crippen LogP contribution in [0.3, 0.4) is 0 Å². The summed E-state index contributed by atoms with van der Waals surface area (Å²) in [5.41, 5.74) is 1.45. The van der Waals surface area contributed by atoms with Gasteiger partial charge in [0.05, 0.1) is 34.3 Å². The Labute approximate surface area is 269 Å². The molecule has 0 unspecified atom stereocenters. The normalized spacial score (nSPS) is 15.3. The van der Waals surface area contributed by atoms with Crippen LogP contribution in [-0.2, 0) is 38.8 Å². The third-order valence-corrected chi connectivity index (χ3v) is 9.45. The van der Waals surface area contributed by atoms with Gasteiger partial charge in [-0.1, -0.05) is 29.3 Å². The number of halogens is 5. The summed E-state index contributed by atoms with van der Waals surface area (Å²) in [5.74, 6) is -0.370. The number of unbranched alkanes of at least 4 members (excludes halogenated alkanes) is 1. The third kappa shape index (κ3) is 7.77. The number of imidazole rings is 1. The second-order valence-corrected chi connectivity index (χ2v) is 14.2. The van der Waals surface area contributed by atoms with E-state index in [4.69, 9.17) is 27.8 Å². The number of nitrogens with zero attached hydrogens (tertiary/aromatic N) is 4. The number of hydrogen-bond acceptors (Lipinski definition) is 6. The van der Waals surface area contributed by atoms with E-state index in [0.717, 1.165) is 6.07 Å². The van der Waals surface area contributed by atoms with Crippen molar-refractivity contribution in [1.82, 2.24) is 4.57 Å². The van der Waals surface area contributed by atoms with E-state index in [9.17, 15) is 34.6 Å². The zero-order valence-corrected chi connectivity index (χ0v) is 27.7. The number of alkyl halides is 3. The molecule has 0 radical (unpaired) electrons. The standard InChI is InChI=1S/C28H31Cl2F3N4O6S2/c1-4-34-25-16-21(30)19(28(31,32)33)14-23(25)36(11-6-7-12-44(38,39)40)26(34)9-8-10-27-35(5-2)24-15-20(29)18(3)13-22(24)37(27)17-45(41,42)43/h8-10,13-16H,4-7,11-12,17H2,1-3H3,(H-,38,39,40,41,42,43)/p+1. The highest BCUT2D eigenvalue weighted by atomic mass is 35.5. The van der Waals surface area contributed by atoms with E-state index in [1.165, 1.54) is 10.6 Å². The number of aryl methyl sites for hydroxylation is 2. The van der Waals surface area contributed by atoms with Crippen LogP contribution in [0.15, 0.2) is 42.2 Å². The first-order valence-corrected chi connectivity index (χ1v) is 17.8. The lowest BCUT2D eigenvalue weighted by Crippen LogP contribution is -2.40. The molecule has 2 N–H and O–H groups in total. The second kappa shape index (κ2) is 13.1. The molecule has 3 aromatic rings. The van der Waals surface area contributed by atoms with Crippen molar-refractivity contribution in [2.75, 3.05) is 28.6 Å². The van der Waals surface area contributed by atoms with Crippen molar-refractivity contribution in [1.29, 1.82) is 0 Å². The minimum Gasteiger partial charge on any atom is -0.326 e. The third-order valence-electron chi connectivity index (χ3n) is 7.34. The zero-order valence-electron chi connectivity index (χ0n) is 24.5. The van der Waals surface area contributed by atoms with Gasteiger partial charge in [-0.15, -0.1) is 0 Å². The van der Waals surface area contributed by atoms with E-state index < -0.39 is 48.6 Å². The fourth-order valence-electron chi connectivity index (χ4n) is 5.41. The predicted octanol–water partition coefficient (Wildman–Crippen LogP) is 6.30. The highest BCUT2D eigenvalue weighted by Gasteiger charge is 2.38. The number of anilines is 2. The fourth-order valence-corrected chi connectivity index (χ4v) is 7.00. The Hall–Kier alpha value is -2.82. The molecule has 0 aliphatic carbocycles. The van der Waals surface area contributed by atoms with Gasteiger partial charge in [0.2, 0.25) is 5.88 Å². The highest BCUT2D eigenvalue weighted by Crippen LogP contribution is 2.47. The monoisotopic (exact) mass is 711 g/mol. The Morgan fingerprint density at radius 1 is 0.911 bits per heavy atom. The Morgan fingerprint density at radius 3 is 2.16 bits per heavy atom. The van der Waals surface area contributed by atoms with E-state index in [1.54, 1.807) is 54.0 Å². The van der Waals surface area contributed by atoms with Gasteiger partial charge in [0, 0.05) is 30.3 Å². The fraction of sp³-hybridized carbons (Fsp3) is 0.393. The molecule has 0 saturated carbocycles. The maximum absolute atomic E-state index is 13.8. The Morgan fingerprint density at radius 2 is 1.58 bits per heavy atom. The van der Waals surface area contributed by atoms with Gasteiger partial charge in [-0.05, 0) is 63.5 Å². The summed E-state index contributed by atoms with van der Waals surface area (Å²) < 4.78 is 110. The van der Waals surface area contributed by atoms with Gasteiger partial charge in [0.1, 0.15) is 5.82 Å². The van der Waals surface area contributed by atoms with Crippen molar-refractivity contribution in [3.63, 3.8) is 0 Å². The molecule has 4 rings (SSSR count). The largest absolute Gasteiger partial charge is 0.417 e. The van der Waals surface area contributed by atoms with Crippen LogP contribution < -0.4 is 14.4 Å². The molecule has 0 atom stereocenters. The van der Waals surface area contributed by atoms with Gasteiger partial charge < -0.3 is 9.80 Å². The lowest BCUT2D eigenvalue weighted by molar-refractivity contribution is -0.654. The van der Waals surface area contributed by atoms with Crippen LogP contribution in [0.25, 0.3) is 17.1 Å². The van der Waals surface area contributed by atoms with E-state index in [1.807, 2.05) is 11.5 Å². The number of benzene rings is 2. The zero-order chi connectivity index (χ0) is 33.5. The molecule has 1 aliphatic rings. The lowest BCUT2D eigenvalue weighted by atomic mass is 10.1. The Balaban J connectivity index is 1.85. The summed E-state index contributed by atoms with van der Waals surface area (Å²) in [6.45, 7) is 6.29. The van der Waals surface area contributed by atoms with Crippen LogP contribution in [0.1, 0.15) is 43.6 Å². The van der Waals surface area contributed by atoms with Crippen LogP contribution in [0.5, 0.6) is 0 Å². The van der Waals surface area contributed by atoms with Gasteiger partial charge in [0.15, 0.2) is 11.0 Å². The molecule has 2 aromatic carbocycles. The molecule has 1 aliphatic heterocycles. The smallest absolute Gasteiger partial charge is 0.326 e. The van der Waals surface area contributed by atoms with Crippen molar-refractivity contribution < 1.29 is 43.7 Å². The van der Waals surface area contributed by atoms with Gasteiger partial charge in [-0.25, -0.2) is 9.13 Å². The van der Waals surface area contributed by atoms with Gasteiger partial charge >= 0.3 is 16.3 Å². The molecule has 45 heavy (non-hydrogen) atoms. The minimum absolute atomic E-state index is 0.0633. The first kappa shape index (κ1) is 35.0. The van der Waals surface area contributed by atoms with E-state index in [0.29, 0.717) is 52.0 Å². The number of allylic oxidation sites excluding steroid dienone is 2. The first-order chi connectivity index (χ1) is 20.9. The van der Waals surface area contributed by atoms with Gasteiger partial charge in [-0.3, -0.25) is 9.11 Å². The molecule has 0 amide bonds. The molecule has 17 heteroatoms. The summed E-state index contributed by atoms with van der Waals surface area (Å²) in [6.07, 6.45) is 0.431. The Kier molecular flexibility index (Phi) is 10.2. The molecule has 2 heterocycles. The number of aromatic nitrogens is 2. The van der Waals surface area contributed by atoms with E-state index in [2.05, 4.69) is 0 Å². The molecule has 10 nitrogen and oxygen atoms in total. The maximum Gasteiger partial charge on any atom is 0.417 e. The highest BCUT2D eigenvalue weighted by molar-refractivity contribution is 7.85. The SMILES string of the molecule is CCN1C(=CC=Cc2n(CC)c3cc(Cl)c(C)cc3[n+]2CS(=O)(=O)O)N(CCCCS(=O)(=O)O)c2cc(C(F)(F)F)c(Cl)cc21. The van der Waals surface area contributed by atoms with Crippen LogP contribution in [0, 0.1) is 6.92 Å². The van der Waals surface area contributed by atoms with Crippen LogP contribution in [0.2, 0.25) is 10.0 Å². The molecule has 0 fully saturated rings. The van der Waals surface area contributed by atoms with Crippen molar-refractivity contribution in [2.45, 2.75) is 52.2 Å². The van der Waals surface area contributed by atoms with Crippen LogP contribution in [0.4, 0.5) is 24.5 Å². The molecule has 0 saturated heterocycles. The molecule has 0 bridgehead atoms. The van der Waals surface area contributed by atoms with E-state index in [-0.39, 0.29) is 25.1 Å². The summed E-state index contributed by atoms with van der Waals surface area (Å²) >= 11 is 12.4. The van der Waals surface area contributed by atoms with Crippen molar-refractivity contribution >= 4 is 71.9 Å². The molecule has 246 valence electrons. The number of fused-ring (bicyclic) bond motifs is 2. The quantitative estimate of drug-likeness (QED) is 0.135. The van der Waals surface area contributed by atoms with Crippen molar-refractivity contribution in [3.8, 4) is 0 Å². The number of hydrogen-bond donors (Lipinski definition) is 2. The summed E-state index contributed by atoms with van der Waals surface area (Å²) in [6, 6.07) is 5.61. The second-order valence-electron chi connectivity index (χ2n) is 10.4. The summed E-state index contributed by atoms with van der Waals surface area (Å²) in [5, 5.41) is -0.00863. The van der Waals surface area contributed by atoms with Gasteiger partial charge in [0.25, 0.3) is 15.9 Å². The predicted molar refractivity (Wildman–Crippen MR) is 169 cm³/mol. The summed E-state index contributed by atoms with van der Waals surface area (Å²) in [7, 11) is -8.69. The average Bonchev–Trinajstić information content (AvgIpc) is 3.34. The maximum atomic E-state index is 13.8. The van der Waals surface area contributed by atoms with E-state index >= 15 is 0 Å².